The number of benzene rings is 1. The van der Waals surface area contributed by atoms with Crippen LogP contribution in [-0.4, -0.2) is 18.2 Å². The molecule has 0 aliphatic carbocycles. The zero-order valence-electron chi connectivity index (χ0n) is 9.41. The average Bonchev–Trinajstić information content (AvgIpc) is 2.99. The lowest BCUT2D eigenvalue weighted by molar-refractivity contribution is -0.150. The molecule has 0 amide bonds. The molecular weight excluding hydrogens is 216 g/mol. The van der Waals surface area contributed by atoms with E-state index in [1.54, 1.807) is 0 Å². The van der Waals surface area contributed by atoms with Gasteiger partial charge in [-0.2, -0.15) is 0 Å². The second kappa shape index (κ2) is 4.34. The van der Waals surface area contributed by atoms with E-state index < -0.39 is 0 Å². The Labute approximate surface area is 100 Å². The van der Waals surface area contributed by atoms with Gasteiger partial charge in [-0.3, -0.25) is 4.79 Å². The fourth-order valence-electron chi connectivity index (χ4n) is 2.34. The van der Waals surface area contributed by atoms with E-state index in [1.807, 2.05) is 42.5 Å². The number of esters is 1. The second-order valence-corrected chi connectivity index (χ2v) is 4.46. The Morgan fingerprint density at radius 3 is 2.76 bits per heavy atom. The lowest BCUT2D eigenvalue weighted by Crippen LogP contribution is -2.25. The Morgan fingerprint density at radius 1 is 1.29 bits per heavy atom. The highest BCUT2D eigenvalue weighted by molar-refractivity contribution is 5.74. The SMILES string of the molecule is O=C(OCc1ccccc1)[C@H]1C[C@H]2C=C[C@@H]1O2. The molecule has 0 N–H and O–H groups in total. The Morgan fingerprint density at radius 2 is 2.12 bits per heavy atom. The van der Waals surface area contributed by atoms with Gasteiger partial charge in [0.25, 0.3) is 0 Å². The number of rotatable bonds is 3. The van der Waals surface area contributed by atoms with Crippen LogP contribution in [0.4, 0.5) is 0 Å². The van der Waals surface area contributed by atoms with Crippen LogP contribution in [0.1, 0.15) is 12.0 Å². The third-order valence-corrected chi connectivity index (χ3v) is 3.26. The summed E-state index contributed by atoms with van der Waals surface area (Å²) < 4.78 is 10.9. The molecule has 17 heavy (non-hydrogen) atoms. The van der Waals surface area contributed by atoms with Crippen molar-refractivity contribution in [3.63, 3.8) is 0 Å². The summed E-state index contributed by atoms with van der Waals surface area (Å²) >= 11 is 0. The fourth-order valence-corrected chi connectivity index (χ4v) is 2.34. The molecule has 0 radical (unpaired) electrons. The molecule has 1 aromatic carbocycles. The van der Waals surface area contributed by atoms with Gasteiger partial charge in [-0.1, -0.05) is 42.5 Å². The molecule has 2 heterocycles. The third kappa shape index (κ3) is 2.11. The van der Waals surface area contributed by atoms with Crippen LogP contribution in [0.25, 0.3) is 0 Å². The first kappa shape index (κ1) is 10.5. The van der Waals surface area contributed by atoms with Crippen LogP contribution in [0.15, 0.2) is 42.5 Å². The molecule has 1 saturated heterocycles. The largest absolute Gasteiger partial charge is 0.461 e. The molecule has 3 rings (SSSR count). The monoisotopic (exact) mass is 230 g/mol. The molecule has 3 heteroatoms. The molecule has 1 fully saturated rings. The van der Waals surface area contributed by atoms with Crippen LogP contribution < -0.4 is 0 Å². The first-order chi connectivity index (χ1) is 8.33. The fraction of sp³-hybridized carbons (Fsp3) is 0.357. The standard InChI is InChI=1S/C14H14O3/c15-14(12-8-11-6-7-13(12)17-11)16-9-10-4-2-1-3-5-10/h1-7,11-13H,8-9H2/t11-,12+,13+/m1/s1. The predicted octanol–water partition coefficient (Wildman–Crippen LogP) is 2.07. The summed E-state index contributed by atoms with van der Waals surface area (Å²) in [6, 6.07) is 9.72. The molecule has 0 unspecified atom stereocenters. The molecule has 2 aliphatic rings. The minimum absolute atomic E-state index is 0.0664. The number of carbonyl (C=O) groups excluding carboxylic acids is 1. The van der Waals surface area contributed by atoms with Crippen LogP contribution in [0, 0.1) is 5.92 Å². The molecule has 2 bridgehead atoms. The summed E-state index contributed by atoms with van der Waals surface area (Å²) in [5, 5.41) is 0. The summed E-state index contributed by atoms with van der Waals surface area (Å²) in [7, 11) is 0. The Bertz CT molecular complexity index is 438. The van der Waals surface area contributed by atoms with Crippen molar-refractivity contribution in [1.82, 2.24) is 0 Å². The normalized spacial score (nSPS) is 29.5. The molecule has 0 spiro atoms. The van der Waals surface area contributed by atoms with Crippen molar-refractivity contribution >= 4 is 5.97 Å². The van der Waals surface area contributed by atoms with Gasteiger partial charge in [0.15, 0.2) is 0 Å². The van der Waals surface area contributed by atoms with Crippen LogP contribution >= 0.6 is 0 Å². The molecule has 1 aromatic rings. The Kier molecular flexibility index (Phi) is 2.69. The molecule has 3 nitrogen and oxygen atoms in total. The molecule has 2 aliphatic heterocycles. The lowest BCUT2D eigenvalue weighted by Gasteiger charge is -2.14. The first-order valence-electron chi connectivity index (χ1n) is 5.87. The number of ether oxygens (including phenoxy) is 2. The number of fused-ring (bicyclic) bond motifs is 2. The number of hydrogen-bond donors (Lipinski definition) is 0. The maximum Gasteiger partial charge on any atom is 0.312 e. The topological polar surface area (TPSA) is 35.5 Å². The Hall–Kier alpha value is -1.61. The molecule has 3 atom stereocenters. The van der Waals surface area contributed by atoms with Gasteiger partial charge in [0.2, 0.25) is 0 Å². The van der Waals surface area contributed by atoms with Gasteiger partial charge < -0.3 is 9.47 Å². The number of carbonyl (C=O) groups is 1. The second-order valence-electron chi connectivity index (χ2n) is 4.46. The maximum atomic E-state index is 11.9. The van der Waals surface area contributed by atoms with Crippen molar-refractivity contribution in [2.24, 2.45) is 5.92 Å². The Balaban J connectivity index is 1.56. The van der Waals surface area contributed by atoms with Gasteiger partial charge in [0.1, 0.15) is 6.61 Å². The quantitative estimate of drug-likeness (QED) is 0.589. The lowest BCUT2D eigenvalue weighted by atomic mass is 9.95. The first-order valence-corrected chi connectivity index (χ1v) is 5.87. The van der Waals surface area contributed by atoms with Crippen molar-refractivity contribution in [2.45, 2.75) is 25.2 Å². The van der Waals surface area contributed by atoms with E-state index in [2.05, 4.69) is 0 Å². The van der Waals surface area contributed by atoms with E-state index in [-0.39, 0.29) is 24.1 Å². The van der Waals surface area contributed by atoms with Crippen molar-refractivity contribution < 1.29 is 14.3 Å². The van der Waals surface area contributed by atoms with Crippen molar-refractivity contribution in [1.29, 1.82) is 0 Å². The smallest absolute Gasteiger partial charge is 0.312 e. The van der Waals surface area contributed by atoms with Gasteiger partial charge in [0, 0.05) is 0 Å². The van der Waals surface area contributed by atoms with E-state index in [0.717, 1.165) is 12.0 Å². The van der Waals surface area contributed by atoms with Gasteiger partial charge in [-0.15, -0.1) is 0 Å². The highest BCUT2D eigenvalue weighted by Gasteiger charge is 2.41. The third-order valence-electron chi connectivity index (χ3n) is 3.26. The zero-order chi connectivity index (χ0) is 11.7. The van der Waals surface area contributed by atoms with Crippen molar-refractivity contribution in [3.8, 4) is 0 Å². The molecule has 0 aromatic heterocycles. The van der Waals surface area contributed by atoms with Gasteiger partial charge in [-0.05, 0) is 12.0 Å². The van der Waals surface area contributed by atoms with Crippen LogP contribution in [0.2, 0.25) is 0 Å². The van der Waals surface area contributed by atoms with E-state index in [0.29, 0.717) is 6.61 Å². The van der Waals surface area contributed by atoms with E-state index in [9.17, 15) is 4.79 Å². The minimum Gasteiger partial charge on any atom is -0.461 e. The van der Waals surface area contributed by atoms with E-state index in [1.165, 1.54) is 0 Å². The molecule has 88 valence electrons. The predicted molar refractivity (Wildman–Crippen MR) is 62.1 cm³/mol. The summed E-state index contributed by atoms with van der Waals surface area (Å²) in [6.45, 7) is 0.345. The maximum absolute atomic E-state index is 11.9. The summed E-state index contributed by atoms with van der Waals surface area (Å²) in [4.78, 5) is 11.9. The number of hydrogen-bond acceptors (Lipinski definition) is 3. The average molecular weight is 230 g/mol. The zero-order valence-corrected chi connectivity index (χ0v) is 9.41. The minimum atomic E-state index is -0.147. The summed E-state index contributed by atoms with van der Waals surface area (Å²) in [5.41, 5.74) is 1.01. The van der Waals surface area contributed by atoms with Gasteiger partial charge in [0.05, 0.1) is 18.1 Å². The van der Waals surface area contributed by atoms with E-state index in [4.69, 9.17) is 9.47 Å². The van der Waals surface area contributed by atoms with Gasteiger partial charge in [-0.25, -0.2) is 0 Å². The highest BCUT2D eigenvalue weighted by atomic mass is 16.5. The van der Waals surface area contributed by atoms with Crippen molar-refractivity contribution in [2.75, 3.05) is 0 Å². The highest BCUT2D eigenvalue weighted by Crippen LogP contribution is 2.34. The summed E-state index contributed by atoms with van der Waals surface area (Å²) in [6.07, 6.45) is 4.79. The molecule has 0 saturated carbocycles. The van der Waals surface area contributed by atoms with Crippen LogP contribution in [0.3, 0.4) is 0 Å². The van der Waals surface area contributed by atoms with Crippen LogP contribution in [-0.2, 0) is 20.9 Å². The van der Waals surface area contributed by atoms with Crippen molar-refractivity contribution in [3.05, 3.63) is 48.0 Å². The van der Waals surface area contributed by atoms with Gasteiger partial charge >= 0.3 is 5.97 Å². The van der Waals surface area contributed by atoms with E-state index >= 15 is 0 Å². The molecular formula is C14H14O3. The van der Waals surface area contributed by atoms with Crippen LogP contribution in [0.5, 0.6) is 0 Å². The summed E-state index contributed by atoms with van der Waals surface area (Å²) in [5.74, 6) is -0.264.